The molecule has 0 spiro atoms. The van der Waals surface area contributed by atoms with Gasteiger partial charge in [-0.3, -0.25) is 4.90 Å². The normalized spacial score (nSPS) is 15.1. The van der Waals surface area contributed by atoms with Crippen molar-refractivity contribution in [3.05, 3.63) is 59.4 Å². The number of rotatable bonds is 5. The van der Waals surface area contributed by atoms with Crippen LogP contribution in [0.5, 0.6) is 5.75 Å². The number of halogens is 1. The highest BCUT2D eigenvalue weighted by molar-refractivity contribution is 6.30. The Bertz CT molecular complexity index is 889. The van der Waals surface area contributed by atoms with Gasteiger partial charge in [-0.25, -0.2) is 0 Å². The van der Waals surface area contributed by atoms with Gasteiger partial charge >= 0.3 is 0 Å². The molecular weight excluding hydrogens is 364 g/mol. The van der Waals surface area contributed by atoms with Gasteiger partial charge in [-0.05, 0) is 36.4 Å². The zero-order chi connectivity index (χ0) is 18.6. The van der Waals surface area contributed by atoms with E-state index in [0.717, 1.165) is 37.5 Å². The number of ether oxygens (including phenoxy) is 1. The van der Waals surface area contributed by atoms with Crippen molar-refractivity contribution in [2.45, 2.75) is 6.54 Å². The molecule has 0 aliphatic carbocycles. The second kappa shape index (κ2) is 7.98. The molecule has 1 aliphatic heterocycles. The summed E-state index contributed by atoms with van der Waals surface area (Å²) in [6, 6.07) is 15.6. The summed E-state index contributed by atoms with van der Waals surface area (Å²) in [5.41, 5.74) is 2.07. The average molecular weight is 385 g/mol. The largest absolute Gasteiger partial charge is 0.497 e. The topological polar surface area (TPSA) is 54.6 Å². The fourth-order valence-electron chi connectivity index (χ4n) is 3.19. The van der Waals surface area contributed by atoms with Crippen LogP contribution in [0, 0.1) is 0 Å². The third-order valence-corrected chi connectivity index (χ3v) is 4.96. The summed E-state index contributed by atoms with van der Waals surface area (Å²) >= 11 is 5.92. The molecule has 2 aromatic carbocycles. The molecule has 0 atom stereocenters. The SMILES string of the molecule is COc1cccc(N2CCN(Cc3nnc(-c4ccc(Cl)cc4)o3)CC2)c1. The smallest absolute Gasteiger partial charge is 0.247 e. The van der Waals surface area contributed by atoms with Gasteiger partial charge in [0.2, 0.25) is 11.8 Å². The number of hydrogen-bond donors (Lipinski definition) is 0. The molecule has 2 heterocycles. The van der Waals surface area contributed by atoms with Crippen molar-refractivity contribution in [1.29, 1.82) is 0 Å². The second-order valence-electron chi connectivity index (χ2n) is 6.47. The molecule has 0 bridgehead atoms. The minimum atomic E-state index is 0.525. The molecule has 27 heavy (non-hydrogen) atoms. The van der Waals surface area contributed by atoms with Crippen LogP contribution in [0.1, 0.15) is 5.89 Å². The summed E-state index contributed by atoms with van der Waals surface area (Å²) in [6.07, 6.45) is 0. The van der Waals surface area contributed by atoms with Crippen LogP contribution in [-0.2, 0) is 6.54 Å². The summed E-state index contributed by atoms with van der Waals surface area (Å²) in [4.78, 5) is 4.70. The summed E-state index contributed by atoms with van der Waals surface area (Å²) in [5.74, 6) is 2.04. The molecule has 1 aromatic heterocycles. The predicted octanol–water partition coefficient (Wildman–Crippen LogP) is 3.72. The highest BCUT2D eigenvalue weighted by Gasteiger charge is 2.20. The molecule has 0 saturated carbocycles. The lowest BCUT2D eigenvalue weighted by molar-refractivity contribution is 0.227. The number of nitrogens with zero attached hydrogens (tertiary/aromatic N) is 4. The molecule has 0 radical (unpaired) electrons. The van der Waals surface area contributed by atoms with Crippen LogP contribution in [0.2, 0.25) is 5.02 Å². The maximum absolute atomic E-state index is 5.92. The number of methoxy groups -OCH3 is 1. The molecule has 1 aliphatic rings. The second-order valence-corrected chi connectivity index (χ2v) is 6.91. The van der Waals surface area contributed by atoms with E-state index in [9.17, 15) is 0 Å². The Hall–Kier alpha value is -2.57. The maximum Gasteiger partial charge on any atom is 0.247 e. The van der Waals surface area contributed by atoms with E-state index < -0.39 is 0 Å². The molecule has 140 valence electrons. The Kier molecular flexibility index (Phi) is 5.27. The number of hydrogen-bond acceptors (Lipinski definition) is 6. The average Bonchev–Trinajstić information content (AvgIpc) is 3.17. The van der Waals surface area contributed by atoms with Gasteiger partial charge in [-0.15, -0.1) is 10.2 Å². The van der Waals surface area contributed by atoms with Crippen molar-refractivity contribution < 1.29 is 9.15 Å². The summed E-state index contributed by atoms with van der Waals surface area (Å²) in [5, 5.41) is 9.03. The first kappa shape index (κ1) is 17.8. The number of piperazine rings is 1. The van der Waals surface area contributed by atoms with Crippen molar-refractivity contribution in [3.63, 3.8) is 0 Å². The number of anilines is 1. The quantitative estimate of drug-likeness (QED) is 0.668. The van der Waals surface area contributed by atoms with Crippen molar-refractivity contribution >= 4 is 17.3 Å². The number of benzene rings is 2. The zero-order valence-corrected chi connectivity index (χ0v) is 15.9. The Morgan fingerprint density at radius 3 is 2.56 bits per heavy atom. The van der Waals surface area contributed by atoms with E-state index in [1.807, 2.05) is 36.4 Å². The van der Waals surface area contributed by atoms with E-state index >= 15 is 0 Å². The molecule has 6 nitrogen and oxygen atoms in total. The Labute approximate surface area is 163 Å². The third-order valence-electron chi connectivity index (χ3n) is 4.71. The van der Waals surface area contributed by atoms with Gasteiger partial charge in [0.05, 0.1) is 13.7 Å². The highest BCUT2D eigenvalue weighted by atomic mass is 35.5. The minimum Gasteiger partial charge on any atom is -0.497 e. The minimum absolute atomic E-state index is 0.525. The van der Waals surface area contributed by atoms with Crippen molar-refractivity contribution in [2.24, 2.45) is 0 Å². The van der Waals surface area contributed by atoms with E-state index in [1.54, 1.807) is 7.11 Å². The van der Waals surface area contributed by atoms with Gasteiger partial charge in [0, 0.05) is 48.5 Å². The van der Waals surface area contributed by atoms with Crippen LogP contribution in [0.15, 0.2) is 52.9 Å². The molecule has 1 saturated heterocycles. The van der Waals surface area contributed by atoms with Crippen molar-refractivity contribution in [3.8, 4) is 17.2 Å². The molecule has 0 N–H and O–H groups in total. The maximum atomic E-state index is 5.92. The van der Waals surface area contributed by atoms with Gasteiger partial charge < -0.3 is 14.1 Å². The molecule has 1 fully saturated rings. The van der Waals surface area contributed by atoms with E-state index in [4.69, 9.17) is 20.8 Å². The first-order valence-corrected chi connectivity index (χ1v) is 9.29. The van der Waals surface area contributed by atoms with E-state index in [1.165, 1.54) is 5.69 Å². The van der Waals surface area contributed by atoms with E-state index in [0.29, 0.717) is 23.3 Å². The zero-order valence-electron chi connectivity index (χ0n) is 15.1. The lowest BCUT2D eigenvalue weighted by Crippen LogP contribution is -2.46. The fraction of sp³-hybridized carbons (Fsp3) is 0.300. The van der Waals surface area contributed by atoms with Crippen LogP contribution in [-0.4, -0.2) is 48.4 Å². The predicted molar refractivity (Wildman–Crippen MR) is 105 cm³/mol. The molecule has 0 unspecified atom stereocenters. The van der Waals surface area contributed by atoms with Crippen LogP contribution in [0.25, 0.3) is 11.5 Å². The Morgan fingerprint density at radius 1 is 1.04 bits per heavy atom. The van der Waals surface area contributed by atoms with Gasteiger partial charge in [0.15, 0.2) is 0 Å². The van der Waals surface area contributed by atoms with Crippen LogP contribution in [0.4, 0.5) is 5.69 Å². The van der Waals surface area contributed by atoms with E-state index in [-0.39, 0.29) is 0 Å². The van der Waals surface area contributed by atoms with Crippen LogP contribution < -0.4 is 9.64 Å². The number of aromatic nitrogens is 2. The molecule has 7 heteroatoms. The molecule has 4 rings (SSSR count). The third kappa shape index (κ3) is 4.23. The van der Waals surface area contributed by atoms with Gasteiger partial charge in [-0.2, -0.15) is 0 Å². The first-order chi connectivity index (χ1) is 13.2. The fourth-order valence-corrected chi connectivity index (χ4v) is 3.32. The lowest BCUT2D eigenvalue weighted by atomic mass is 10.2. The highest BCUT2D eigenvalue weighted by Crippen LogP contribution is 2.23. The van der Waals surface area contributed by atoms with Gasteiger partial charge in [0.25, 0.3) is 0 Å². The molecule has 0 amide bonds. The summed E-state index contributed by atoms with van der Waals surface area (Å²) < 4.78 is 11.1. The van der Waals surface area contributed by atoms with Crippen molar-refractivity contribution in [1.82, 2.24) is 15.1 Å². The Morgan fingerprint density at radius 2 is 1.81 bits per heavy atom. The molecular formula is C20H21ClN4O2. The van der Waals surface area contributed by atoms with E-state index in [2.05, 4.69) is 32.1 Å². The Balaban J connectivity index is 1.35. The lowest BCUT2D eigenvalue weighted by Gasteiger charge is -2.35. The van der Waals surface area contributed by atoms with Gasteiger partial charge in [-0.1, -0.05) is 17.7 Å². The molecule has 3 aromatic rings. The van der Waals surface area contributed by atoms with Crippen LogP contribution in [0.3, 0.4) is 0 Å². The standard InChI is InChI=1S/C20H21ClN4O2/c1-26-18-4-2-3-17(13-18)25-11-9-24(10-12-25)14-19-22-23-20(27-19)15-5-7-16(21)8-6-15/h2-8,13H,9-12,14H2,1H3. The monoisotopic (exact) mass is 384 g/mol. The first-order valence-electron chi connectivity index (χ1n) is 8.91. The van der Waals surface area contributed by atoms with Gasteiger partial charge in [0.1, 0.15) is 5.75 Å². The summed E-state index contributed by atoms with van der Waals surface area (Å²) in [6.45, 7) is 4.44. The summed E-state index contributed by atoms with van der Waals surface area (Å²) in [7, 11) is 1.69. The van der Waals surface area contributed by atoms with Crippen molar-refractivity contribution in [2.75, 3.05) is 38.2 Å². The van der Waals surface area contributed by atoms with Crippen LogP contribution >= 0.6 is 11.6 Å².